The van der Waals surface area contributed by atoms with Crippen LogP contribution in [0.4, 0.5) is 0 Å². The quantitative estimate of drug-likeness (QED) is 0.758. The summed E-state index contributed by atoms with van der Waals surface area (Å²) in [5, 5.41) is 0. The third-order valence-electron chi connectivity index (χ3n) is 5.56. The second kappa shape index (κ2) is 7.19. The van der Waals surface area contributed by atoms with Crippen molar-refractivity contribution in [3.63, 3.8) is 0 Å². The lowest BCUT2D eigenvalue weighted by molar-refractivity contribution is 0.414. The van der Waals surface area contributed by atoms with Gasteiger partial charge >= 0.3 is 0 Å². The maximum atomic E-state index is 13.5. The molecule has 29 heavy (non-hydrogen) atoms. The minimum atomic E-state index is -3.72. The first-order valence-electron chi connectivity index (χ1n) is 9.56. The van der Waals surface area contributed by atoms with Crippen LogP contribution in [0.3, 0.4) is 0 Å². The number of benzene rings is 2. The summed E-state index contributed by atoms with van der Waals surface area (Å²) in [6, 6.07) is 16.3. The van der Waals surface area contributed by atoms with Crippen molar-refractivity contribution in [2.24, 2.45) is 4.99 Å². The molecule has 0 saturated carbocycles. The average molecular weight is 409 g/mol. The number of rotatable bonds is 4. The Hall–Kier alpha value is -2.86. The Bertz CT molecular complexity index is 1120. The number of aliphatic imine (C=N–C) groups is 1. The van der Waals surface area contributed by atoms with Gasteiger partial charge in [-0.15, -0.1) is 0 Å². The van der Waals surface area contributed by atoms with E-state index in [4.69, 9.17) is 9.73 Å². The number of sulfonamides is 1. The highest BCUT2D eigenvalue weighted by Gasteiger charge is 2.49. The van der Waals surface area contributed by atoms with E-state index >= 15 is 0 Å². The Labute approximate surface area is 172 Å². The summed E-state index contributed by atoms with van der Waals surface area (Å²) in [6.07, 6.45) is 4.62. The van der Waals surface area contributed by atoms with Crippen LogP contribution < -0.4 is 4.74 Å². The molecule has 0 unspecified atom stereocenters. The molecule has 0 N–H and O–H groups in total. The largest absolute Gasteiger partial charge is 0.497 e. The molecule has 0 aromatic heterocycles. The minimum absolute atomic E-state index is 0.245. The van der Waals surface area contributed by atoms with Gasteiger partial charge < -0.3 is 4.74 Å². The van der Waals surface area contributed by atoms with Gasteiger partial charge in [-0.1, -0.05) is 30.3 Å². The maximum absolute atomic E-state index is 13.5. The van der Waals surface area contributed by atoms with Gasteiger partial charge in [-0.05, 0) is 61.4 Å². The summed E-state index contributed by atoms with van der Waals surface area (Å²) in [5.74, 6) is 0.622. The topological polar surface area (TPSA) is 59.0 Å². The molecular formula is C23H24N2O3S. The fourth-order valence-electron chi connectivity index (χ4n) is 4.11. The lowest BCUT2D eigenvalue weighted by atomic mass is 9.88. The second-order valence-electron chi connectivity index (χ2n) is 7.38. The monoisotopic (exact) mass is 408 g/mol. The molecule has 1 saturated heterocycles. The number of ether oxygens (including phenoxy) is 1. The first-order valence-corrected chi connectivity index (χ1v) is 11.0. The van der Waals surface area contributed by atoms with Crippen LogP contribution in [0.25, 0.3) is 6.08 Å². The molecule has 0 amide bonds. The molecule has 6 heteroatoms. The number of hydrogen-bond donors (Lipinski definition) is 0. The number of allylic oxidation sites excluding steroid dienone is 1. The summed E-state index contributed by atoms with van der Waals surface area (Å²) in [4.78, 5) is 5.14. The van der Waals surface area contributed by atoms with Crippen LogP contribution in [0.15, 0.2) is 81.8 Å². The number of methoxy groups -OCH3 is 1. The van der Waals surface area contributed by atoms with E-state index in [-0.39, 0.29) is 4.90 Å². The SMILES string of the molecule is COc1ccc(S(=O)(=O)N2CC[C@]3(N=C(C)C=C3C)/C2=C\c2ccccc2)cc1. The molecule has 5 nitrogen and oxygen atoms in total. The van der Waals surface area contributed by atoms with Gasteiger partial charge in [-0.25, -0.2) is 8.42 Å². The Morgan fingerprint density at radius 2 is 1.76 bits per heavy atom. The number of nitrogens with zero attached hydrogens (tertiary/aromatic N) is 2. The molecule has 2 aromatic carbocycles. The molecule has 150 valence electrons. The van der Waals surface area contributed by atoms with E-state index in [1.807, 2.05) is 56.3 Å². The molecule has 2 aromatic rings. The highest BCUT2D eigenvalue weighted by atomic mass is 32.2. The van der Waals surface area contributed by atoms with Crippen molar-refractivity contribution in [1.29, 1.82) is 0 Å². The second-order valence-corrected chi connectivity index (χ2v) is 9.25. The van der Waals surface area contributed by atoms with Gasteiger partial charge in [0.25, 0.3) is 10.0 Å². The Kier molecular flexibility index (Phi) is 4.82. The van der Waals surface area contributed by atoms with Crippen molar-refractivity contribution < 1.29 is 13.2 Å². The summed E-state index contributed by atoms with van der Waals surface area (Å²) < 4.78 is 33.8. The van der Waals surface area contributed by atoms with Crippen LogP contribution in [-0.2, 0) is 10.0 Å². The zero-order valence-electron chi connectivity index (χ0n) is 16.8. The van der Waals surface area contributed by atoms with Gasteiger partial charge in [-0.2, -0.15) is 0 Å². The molecule has 0 bridgehead atoms. The van der Waals surface area contributed by atoms with Gasteiger partial charge in [0.2, 0.25) is 0 Å². The summed E-state index contributed by atoms with van der Waals surface area (Å²) >= 11 is 0. The van der Waals surface area contributed by atoms with Gasteiger partial charge in [0.15, 0.2) is 0 Å². The van der Waals surface area contributed by atoms with Crippen molar-refractivity contribution in [1.82, 2.24) is 4.31 Å². The molecule has 1 fully saturated rings. The lowest BCUT2D eigenvalue weighted by Gasteiger charge is -2.28. The average Bonchev–Trinajstić information content (AvgIpc) is 3.22. The summed E-state index contributed by atoms with van der Waals surface area (Å²) in [6.45, 7) is 4.37. The van der Waals surface area contributed by atoms with Crippen molar-refractivity contribution in [3.8, 4) is 5.75 Å². The highest BCUT2D eigenvalue weighted by molar-refractivity contribution is 7.89. The van der Waals surface area contributed by atoms with E-state index in [1.165, 1.54) is 4.31 Å². The van der Waals surface area contributed by atoms with E-state index < -0.39 is 15.6 Å². The van der Waals surface area contributed by atoms with Crippen LogP contribution >= 0.6 is 0 Å². The minimum Gasteiger partial charge on any atom is -0.497 e. The lowest BCUT2D eigenvalue weighted by Crippen LogP contribution is -2.32. The Balaban J connectivity index is 1.84. The van der Waals surface area contributed by atoms with Crippen LogP contribution in [0.5, 0.6) is 5.75 Å². The van der Waals surface area contributed by atoms with E-state index in [9.17, 15) is 8.42 Å². The van der Waals surface area contributed by atoms with Gasteiger partial charge in [0.05, 0.1) is 17.7 Å². The Morgan fingerprint density at radius 3 is 2.34 bits per heavy atom. The highest BCUT2D eigenvalue weighted by Crippen LogP contribution is 2.47. The third kappa shape index (κ3) is 3.27. The molecule has 1 spiro atoms. The summed E-state index contributed by atoms with van der Waals surface area (Å²) in [7, 11) is -2.16. The first-order chi connectivity index (χ1) is 13.9. The first kappa shape index (κ1) is 19.5. The molecule has 0 aliphatic carbocycles. The fraction of sp³-hybridized carbons (Fsp3) is 0.261. The van der Waals surface area contributed by atoms with Crippen LogP contribution in [0.2, 0.25) is 0 Å². The zero-order valence-corrected chi connectivity index (χ0v) is 17.6. The summed E-state index contributed by atoms with van der Waals surface area (Å²) in [5.41, 5.74) is 3.02. The smallest absolute Gasteiger partial charge is 0.264 e. The van der Waals surface area contributed by atoms with Gasteiger partial charge in [-0.3, -0.25) is 9.30 Å². The zero-order chi connectivity index (χ0) is 20.6. The van der Waals surface area contributed by atoms with E-state index in [2.05, 4.69) is 0 Å². The van der Waals surface area contributed by atoms with E-state index in [0.717, 1.165) is 16.8 Å². The molecule has 2 heterocycles. The van der Waals surface area contributed by atoms with Crippen molar-refractivity contribution >= 4 is 21.8 Å². The normalized spacial score (nSPS) is 22.9. The molecular weight excluding hydrogens is 384 g/mol. The third-order valence-corrected chi connectivity index (χ3v) is 7.39. The van der Waals surface area contributed by atoms with Crippen LogP contribution in [0, 0.1) is 0 Å². The van der Waals surface area contributed by atoms with Gasteiger partial charge in [0.1, 0.15) is 11.3 Å². The predicted octanol–water partition coefficient (Wildman–Crippen LogP) is 4.29. The van der Waals surface area contributed by atoms with Crippen molar-refractivity contribution in [2.45, 2.75) is 30.7 Å². The number of hydrogen-bond acceptors (Lipinski definition) is 4. The molecule has 4 rings (SSSR count). The molecule has 2 aliphatic rings. The molecule has 2 aliphatic heterocycles. The molecule has 0 radical (unpaired) electrons. The predicted molar refractivity (Wildman–Crippen MR) is 116 cm³/mol. The Morgan fingerprint density at radius 1 is 1.07 bits per heavy atom. The molecule has 1 atom stereocenters. The maximum Gasteiger partial charge on any atom is 0.264 e. The van der Waals surface area contributed by atoms with Crippen LogP contribution in [-0.4, -0.2) is 37.6 Å². The van der Waals surface area contributed by atoms with Gasteiger partial charge in [0, 0.05) is 18.7 Å². The van der Waals surface area contributed by atoms with Crippen molar-refractivity contribution in [3.05, 3.63) is 77.5 Å². The van der Waals surface area contributed by atoms with E-state index in [1.54, 1.807) is 31.4 Å². The van der Waals surface area contributed by atoms with Crippen molar-refractivity contribution in [2.75, 3.05) is 13.7 Å². The standard InChI is InChI=1S/C23H24N2O3S/c1-17-15-18(2)24-23(17)13-14-25(22(23)16-19-7-5-4-6-8-19)29(26,27)21-11-9-20(28-3)10-12-21/h4-12,15-16H,13-14H2,1-3H3/b22-16+/t23-/m1/s1. The fourth-order valence-corrected chi connectivity index (χ4v) is 5.64. The van der Waals surface area contributed by atoms with Crippen LogP contribution in [0.1, 0.15) is 25.8 Å². The van der Waals surface area contributed by atoms with E-state index in [0.29, 0.717) is 24.4 Å².